The summed E-state index contributed by atoms with van der Waals surface area (Å²) >= 11 is 0. The summed E-state index contributed by atoms with van der Waals surface area (Å²) in [6.07, 6.45) is 13.8. The maximum atomic E-state index is 13.2. The Hall–Kier alpha value is -1.75. The smallest absolute Gasteiger partial charge is 0.147 e. The molecule has 5 rings (SSSR count). The second-order valence-corrected chi connectivity index (χ2v) is 10.7. The second-order valence-electron chi connectivity index (χ2n) is 10.7. The number of rotatable bonds is 10. The Morgan fingerprint density at radius 1 is 0.765 bits per heavy atom. The number of benzene rings is 2. The van der Waals surface area contributed by atoms with E-state index in [0.717, 1.165) is 41.9 Å². The Morgan fingerprint density at radius 2 is 1.35 bits per heavy atom. The normalized spacial score (nSPS) is 29.1. The minimum atomic E-state index is -0.183. The number of epoxide rings is 1. The summed E-state index contributed by atoms with van der Waals surface area (Å²) in [5.41, 5.74) is 3.65. The lowest BCUT2D eigenvalue weighted by Gasteiger charge is -2.37. The van der Waals surface area contributed by atoms with Crippen molar-refractivity contribution in [1.29, 1.82) is 0 Å². The molecular weight excluding hydrogens is 427 g/mol. The molecule has 0 aromatic heterocycles. The highest BCUT2D eigenvalue weighted by molar-refractivity contribution is 5.63. The summed E-state index contributed by atoms with van der Waals surface area (Å²) in [7, 11) is 0. The van der Waals surface area contributed by atoms with E-state index in [-0.39, 0.29) is 5.82 Å². The van der Waals surface area contributed by atoms with Crippen molar-refractivity contribution < 1.29 is 18.6 Å². The molecule has 0 spiro atoms. The monoisotopic (exact) mass is 466 g/mol. The van der Waals surface area contributed by atoms with Gasteiger partial charge in [0.05, 0.1) is 19.3 Å². The molecule has 3 nitrogen and oxygen atoms in total. The van der Waals surface area contributed by atoms with E-state index in [2.05, 4.69) is 24.3 Å². The van der Waals surface area contributed by atoms with Gasteiger partial charge in [0.25, 0.3) is 0 Å². The molecule has 0 N–H and O–H groups in total. The fourth-order valence-electron chi connectivity index (χ4n) is 6.04. The Morgan fingerprint density at radius 3 is 1.97 bits per heavy atom. The number of hydrogen-bond acceptors (Lipinski definition) is 3. The Kier molecular flexibility index (Phi) is 8.31. The third kappa shape index (κ3) is 6.90. The van der Waals surface area contributed by atoms with Crippen molar-refractivity contribution in [2.45, 2.75) is 76.4 Å². The first kappa shape index (κ1) is 24.0. The summed E-state index contributed by atoms with van der Waals surface area (Å²) in [5, 5.41) is 0. The summed E-state index contributed by atoms with van der Waals surface area (Å²) < 4.78 is 29.8. The van der Waals surface area contributed by atoms with E-state index in [1.54, 1.807) is 0 Å². The highest BCUT2D eigenvalue weighted by Crippen LogP contribution is 2.41. The molecule has 0 radical (unpaired) electrons. The average Bonchev–Trinajstić information content (AvgIpc) is 3.72. The van der Waals surface area contributed by atoms with Crippen LogP contribution in [0.25, 0.3) is 11.1 Å². The predicted molar refractivity (Wildman–Crippen MR) is 133 cm³/mol. The van der Waals surface area contributed by atoms with Gasteiger partial charge in [-0.25, -0.2) is 4.39 Å². The van der Waals surface area contributed by atoms with Crippen LogP contribution in [0.5, 0.6) is 0 Å². The Bertz CT molecular complexity index is 861. The molecule has 1 atom stereocenters. The molecule has 1 heterocycles. The summed E-state index contributed by atoms with van der Waals surface area (Å²) in [4.78, 5) is 0. The van der Waals surface area contributed by atoms with Crippen LogP contribution in [0.3, 0.4) is 0 Å². The Labute approximate surface area is 204 Å². The fourth-order valence-corrected chi connectivity index (χ4v) is 6.04. The molecule has 4 heteroatoms. The highest BCUT2D eigenvalue weighted by atomic mass is 19.1. The maximum absolute atomic E-state index is 13.2. The van der Waals surface area contributed by atoms with Crippen molar-refractivity contribution in [2.75, 3.05) is 20.0 Å². The Balaban J connectivity index is 0.976. The number of hydrogen-bond donors (Lipinski definition) is 0. The molecule has 2 aromatic rings. The van der Waals surface area contributed by atoms with E-state index in [1.807, 2.05) is 12.1 Å². The van der Waals surface area contributed by atoms with Crippen LogP contribution in [0.2, 0.25) is 0 Å². The molecule has 3 fully saturated rings. The van der Waals surface area contributed by atoms with Gasteiger partial charge in [-0.1, -0.05) is 49.2 Å². The molecule has 2 aromatic carbocycles. The molecular formula is C30H39FO3. The molecule has 0 amide bonds. The molecule has 1 saturated heterocycles. The quantitative estimate of drug-likeness (QED) is 0.211. The van der Waals surface area contributed by atoms with Crippen LogP contribution in [-0.2, 0) is 20.6 Å². The van der Waals surface area contributed by atoms with E-state index < -0.39 is 0 Å². The van der Waals surface area contributed by atoms with Gasteiger partial charge >= 0.3 is 0 Å². The van der Waals surface area contributed by atoms with Gasteiger partial charge in [0.1, 0.15) is 18.7 Å². The van der Waals surface area contributed by atoms with Crippen LogP contribution in [0.1, 0.15) is 63.4 Å². The van der Waals surface area contributed by atoms with Gasteiger partial charge < -0.3 is 14.2 Å². The lowest BCUT2D eigenvalue weighted by Crippen LogP contribution is -2.29. The minimum Gasteiger partial charge on any atom is -0.371 e. The van der Waals surface area contributed by atoms with Crippen molar-refractivity contribution >= 4 is 0 Å². The standard InChI is InChI=1S/C30H39FO3/c31-28-15-11-26(12-16-28)24-7-3-22(4-8-24)1-2-23-5-9-25(10-6-23)27-13-17-29(18-14-27)34-21-32-19-30-20-33-30/h3-4,7-8,11-12,15-16,23,25,27,29-30H,1-2,5-6,9-10,13-14,17-21H2. The SMILES string of the molecule is Fc1ccc(-c2ccc(CCC3CCC(C4CCC(OCOCC5CO5)CC4)CC3)cc2)cc1. The van der Waals surface area contributed by atoms with Crippen molar-refractivity contribution in [3.63, 3.8) is 0 Å². The molecule has 34 heavy (non-hydrogen) atoms. The zero-order valence-electron chi connectivity index (χ0n) is 20.3. The molecule has 184 valence electrons. The van der Waals surface area contributed by atoms with Crippen LogP contribution in [0.15, 0.2) is 48.5 Å². The van der Waals surface area contributed by atoms with Crippen molar-refractivity contribution in [1.82, 2.24) is 0 Å². The second kappa shape index (κ2) is 11.8. The summed E-state index contributed by atoms with van der Waals surface area (Å²) in [6, 6.07) is 15.6. The van der Waals surface area contributed by atoms with Crippen molar-refractivity contribution in [3.8, 4) is 11.1 Å². The zero-order valence-corrected chi connectivity index (χ0v) is 20.3. The average molecular weight is 467 g/mol. The first-order chi connectivity index (χ1) is 16.7. The van der Waals surface area contributed by atoms with E-state index >= 15 is 0 Å². The van der Waals surface area contributed by atoms with Crippen molar-refractivity contribution in [2.24, 2.45) is 17.8 Å². The molecule has 2 saturated carbocycles. The third-order valence-electron chi connectivity index (χ3n) is 8.34. The fraction of sp³-hybridized carbons (Fsp3) is 0.600. The van der Waals surface area contributed by atoms with Crippen LogP contribution < -0.4 is 0 Å². The summed E-state index contributed by atoms with van der Waals surface area (Å²) in [5.74, 6) is 2.52. The van der Waals surface area contributed by atoms with Gasteiger partial charge in [-0.3, -0.25) is 0 Å². The molecule has 0 bridgehead atoms. The summed E-state index contributed by atoms with van der Waals surface area (Å²) in [6.45, 7) is 1.95. The lowest BCUT2D eigenvalue weighted by atomic mass is 9.70. The van der Waals surface area contributed by atoms with Gasteiger partial charge in [-0.2, -0.15) is 0 Å². The van der Waals surface area contributed by atoms with Crippen LogP contribution >= 0.6 is 0 Å². The third-order valence-corrected chi connectivity index (χ3v) is 8.34. The zero-order chi connectivity index (χ0) is 23.2. The lowest BCUT2D eigenvalue weighted by molar-refractivity contribution is -0.106. The van der Waals surface area contributed by atoms with E-state index in [0.29, 0.717) is 25.6 Å². The van der Waals surface area contributed by atoms with E-state index in [1.165, 1.54) is 75.5 Å². The molecule has 1 aliphatic heterocycles. The topological polar surface area (TPSA) is 31.0 Å². The van der Waals surface area contributed by atoms with E-state index in [4.69, 9.17) is 14.2 Å². The van der Waals surface area contributed by atoms with Gasteiger partial charge in [0.15, 0.2) is 0 Å². The molecule has 3 aliphatic rings. The number of halogens is 1. The van der Waals surface area contributed by atoms with Gasteiger partial charge in [-0.05, 0) is 97.9 Å². The minimum absolute atomic E-state index is 0.183. The largest absolute Gasteiger partial charge is 0.371 e. The number of ether oxygens (including phenoxy) is 3. The van der Waals surface area contributed by atoms with E-state index in [9.17, 15) is 4.39 Å². The van der Waals surface area contributed by atoms with Crippen LogP contribution in [0, 0.1) is 23.6 Å². The first-order valence-corrected chi connectivity index (χ1v) is 13.4. The molecule has 1 unspecified atom stereocenters. The van der Waals surface area contributed by atoms with Gasteiger partial charge in [0, 0.05) is 0 Å². The number of aryl methyl sites for hydroxylation is 1. The highest BCUT2D eigenvalue weighted by Gasteiger charge is 2.31. The van der Waals surface area contributed by atoms with Crippen LogP contribution in [-0.4, -0.2) is 32.2 Å². The van der Waals surface area contributed by atoms with Crippen molar-refractivity contribution in [3.05, 3.63) is 59.9 Å². The molecule has 2 aliphatic carbocycles. The van der Waals surface area contributed by atoms with Crippen LogP contribution in [0.4, 0.5) is 4.39 Å². The van der Waals surface area contributed by atoms with Gasteiger partial charge in [0.2, 0.25) is 0 Å². The maximum Gasteiger partial charge on any atom is 0.147 e. The van der Waals surface area contributed by atoms with Gasteiger partial charge in [-0.15, -0.1) is 0 Å². The predicted octanol–water partition coefficient (Wildman–Crippen LogP) is 7.18. The first-order valence-electron chi connectivity index (χ1n) is 13.4.